The molecular weight excluding hydrogens is 174 g/mol. The number of rotatable bonds is 7. The summed E-state index contributed by atoms with van der Waals surface area (Å²) in [4.78, 5) is 0. The molecule has 0 saturated carbocycles. The number of hydrogen-bond acceptors (Lipinski definition) is 2. The van der Waals surface area contributed by atoms with E-state index < -0.39 is 0 Å². The van der Waals surface area contributed by atoms with Crippen molar-refractivity contribution in [1.82, 2.24) is 0 Å². The van der Waals surface area contributed by atoms with Crippen LogP contribution in [0.3, 0.4) is 0 Å². The van der Waals surface area contributed by atoms with Crippen LogP contribution in [0.1, 0.15) is 39.5 Å². The van der Waals surface area contributed by atoms with E-state index in [1.807, 2.05) is 0 Å². The molecule has 0 aromatic rings. The molecule has 0 heterocycles. The second kappa shape index (κ2) is 8.97. The highest BCUT2D eigenvalue weighted by atomic mass is 16.2. The molecule has 82 valence electrons. The summed E-state index contributed by atoms with van der Waals surface area (Å²) >= 11 is 0. The monoisotopic (exact) mass is 197 g/mol. The third-order valence-corrected chi connectivity index (χ3v) is 2.23. The number of nitrogens with two attached hydrogens (primary N) is 1. The van der Waals surface area contributed by atoms with E-state index in [0.717, 1.165) is 25.7 Å². The maximum Gasteiger partial charge on any atom is 0.0434 e. The lowest BCUT2D eigenvalue weighted by molar-refractivity contribution is 0.288. The predicted octanol–water partition coefficient (Wildman–Crippen LogP) is 2.39. The summed E-state index contributed by atoms with van der Waals surface area (Å²) in [6.07, 6.45) is 8.38. The molecule has 0 aliphatic rings. The summed E-state index contributed by atoms with van der Waals surface area (Å²) in [6.45, 7) is 5.16. The van der Waals surface area contributed by atoms with Gasteiger partial charge in [-0.05, 0) is 39.5 Å². The predicted molar refractivity (Wildman–Crippen MR) is 62.1 cm³/mol. The third-order valence-electron chi connectivity index (χ3n) is 2.23. The van der Waals surface area contributed by atoms with Gasteiger partial charge in [0.05, 0.1) is 0 Å². The van der Waals surface area contributed by atoms with Gasteiger partial charge in [0.2, 0.25) is 0 Å². The molecular formula is C12H23NO. The molecule has 0 unspecified atom stereocenters. The molecule has 2 heteroatoms. The number of aliphatic hydroxyl groups is 1. The average molecular weight is 197 g/mol. The maximum atomic E-state index is 8.65. The van der Waals surface area contributed by atoms with Crippen LogP contribution in [-0.2, 0) is 0 Å². The summed E-state index contributed by atoms with van der Waals surface area (Å²) in [5.74, 6) is 0. The Morgan fingerprint density at radius 3 is 2.36 bits per heavy atom. The minimum Gasteiger partial charge on any atom is -0.396 e. The van der Waals surface area contributed by atoms with Crippen LogP contribution in [0, 0.1) is 0 Å². The van der Waals surface area contributed by atoms with Gasteiger partial charge in [-0.1, -0.05) is 23.3 Å². The van der Waals surface area contributed by atoms with Crippen LogP contribution in [0.25, 0.3) is 0 Å². The molecule has 14 heavy (non-hydrogen) atoms. The normalized spacial score (nSPS) is 13.4. The Bertz CT molecular complexity index is 194. The Labute approximate surface area is 87.5 Å². The molecule has 2 nitrogen and oxygen atoms in total. The van der Waals surface area contributed by atoms with Gasteiger partial charge in [0, 0.05) is 13.2 Å². The van der Waals surface area contributed by atoms with E-state index in [9.17, 15) is 0 Å². The van der Waals surface area contributed by atoms with Crippen LogP contribution in [0.15, 0.2) is 23.3 Å². The van der Waals surface area contributed by atoms with Gasteiger partial charge in [0.1, 0.15) is 0 Å². The summed E-state index contributed by atoms with van der Waals surface area (Å²) in [5, 5.41) is 8.65. The van der Waals surface area contributed by atoms with E-state index in [1.165, 1.54) is 11.1 Å². The van der Waals surface area contributed by atoms with Crippen molar-refractivity contribution in [2.24, 2.45) is 5.73 Å². The summed E-state index contributed by atoms with van der Waals surface area (Å²) < 4.78 is 0. The Balaban J connectivity index is 3.64. The standard InChI is InChI=1S/C12H23NO/c1-11(7-4-10-14)5-3-6-12(2)8-9-13/h5,8,14H,3-4,6-7,9-10,13H2,1-2H3/b11-5+,12-8+. The fraction of sp³-hybridized carbons (Fsp3) is 0.667. The van der Waals surface area contributed by atoms with Crippen molar-refractivity contribution >= 4 is 0 Å². The second-order valence-electron chi connectivity index (χ2n) is 3.70. The van der Waals surface area contributed by atoms with E-state index >= 15 is 0 Å². The van der Waals surface area contributed by atoms with E-state index in [4.69, 9.17) is 10.8 Å². The SMILES string of the molecule is C/C(=C\CN)CC/C=C(\C)CCCO. The molecule has 0 spiro atoms. The Morgan fingerprint density at radius 1 is 1.14 bits per heavy atom. The van der Waals surface area contributed by atoms with Gasteiger partial charge in [-0.25, -0.2) is 0 Å². The van der Waals surface area contributed by atoms with E-state index in [0.29, 0.717) is 6.54 Å². The quantitative estimate of drug-likeness (QED) is 0.616. The van der Waals surface area contributed by atoms with Crippen LogP contribution in [-0.4, -0.2) is 18.3 Å². The molecule has 0 aliphatic carbocycles. The highest BCUT2D eigenvalue weighted by Crippen LogP contribution is 2.09. The van der Waals surface area contributed by atoms with E-state index in [-0.39, 0.29) is 6.61 Å². The fourth-order valence-corrected chi connectivity index (χ4v) is 1.31. The van der Waals surface area contributed by atoms with Crippen molar-refractivity contribution < 1.29 is 5.11 Å². The van der Waals surface area contributed by atoms with Crippen molar-refractivity contribution in [3.05, 3.63) is 23.3 Å². The molecule has 0 aromatic carbocycles. The lowest BCUT2D eigenvalue weighted by atomic mass is 10.1. The number of hydrogen-bond donors (Lipinski definition) is 2. The minimum absolute atomic E-state index is 0.289. The van der Waals surface area contributed by atoms with Gasteiger partial charge in [0.15, 0.2) is 0 Å². The van der Waals surface area contributed by atoms with Crippen molar-refractivity contribution in [3.8, 4) is 0 Å². The Morgan fingerprint density at radius 2 is 1.79 bits per heavy atom. The van der Waals surface area contributed by atoms with Crippen molar-refractivity contribution in [3.63, 3.8) is 0 Å². The molecule has 0 amide bonds. The molecule has 0 bridgehead atoms. The lowest BCUT2D eigenvalue weighted by Gasteiger charge is -2.00. The van der Waals surface area contributed by atoms with Gasteiger partial charge in [-0.3, -0.25) is 0 Å². The largest absolute Gasteiger partial charge is 0.396 e. The topological polar surface area (TPSA) is 46.2 Å². The second-order valence-corrected chi connectivity index (χ2v) is 3.70. The molecule has 0 aliphatic heterocycles. The Hall–Kier alpha value is -0.600. The molecule has 0 rings (SSSR count). The lowest BCUT2D eigenvalue weighted by Crippen LogP contribution is -1.94. The van der Waals surface area contributed by atoms with Gasteiger partial charge < -0.3 is 10.8 Å². The molecule has 3 N–H and O–H groups in total. The first-order valence-corrected chi connectivity index (χ1v) is 5.33. The zero-order valence-corrected chi connectivity index (χ0v) is 9.42. The van der Waals surface area contributed by atoms with Crippen molar-refractivity contribution in [2.45, 2.75) is 39.5 Å². The first-order valence-electron chi connectivity index (χ1n) is 5.33. The van der Waals surface area contributed by atoms with E-state index in [2.05, 4.69) is 26.0 Å². The van der Waals surface area contributed by atoms with Gasteiger partial charge in [-0.15, -0.1) is 0 Å². The summed E-state index contributed by atoms with van der Waals surface area (Å²) in [7, 11) is 0. The highest BCUT2D eigenvalue weighted by Gasteiger charge is 1.91. The van der Waals surface area contributed by atoms with Crippen LogP contribution in [0.4, 0.5) is 0 Å². The maximum absolute atomic E-state index is 8.65. The van der Waals surface area contributed by atoms with E-state index in [1.54, 1.807) is 0 Å². The first-order chi connectivity index (χ1) is 6.70. The van der Waals surface area contributed by atoms with Crippen LogP contribution >= 0.6 is 0 Å². The zero-order valence-electron chi connectivity index (χ0n) is 9.42. The van der Waals surface area contributed by atoms with Gasteiger partial charge in [-0.2, -0.15) is 0 Å². The number of aliphatic hydroxyl groups excluding tert-OH is 1. The average Bonchev–Trinajstić information content (AvgIpc) is 2.15. The number of allylic oxidation sites excluding steroid dienone is 3. The first kappa shape index (κ1) is 13.4. The van der Waals surface area contributed by atoms with Gasteiger partial charge in [0.25, 0.3) is 0 Å². The fourth-order valence-electron chi connectivity index (χ4n) is 1.31. The molecule has 0 radical (unpaired) electrons. The molecule has 0 fully saturated rings. The minimum atomic E-state index is 0.289. The van der Waals surface area contributed by atoms with Crippen LogP contribution in [0.5, 0.6) is 0 Å². The zero-order chi connectivity index (χ0) is 10.8. The van der Waals surface area contributed by atoms with Crippen LogP contribution < -0.4 is 5.73 Å². The van der Waals surface area contributed by atoms with Crippen molar-refractivity contribution in [2.75, 3.05) is 13.2 Å². The molecule has 0 atom stereocenters. The molecule has 0 aromatic heterocycles. The third kappa shape index (κ3) is 8.02. The van der Waals surface area contributed by atoms with Gasteiger partial charge >= 0.3 is 0 Å². The summed E-state index contributed by atoms with van der Waals surface area (Å²) in [5.41, 5.74) is 8.14. The summed E-state index contributed by atoms with van der Waals surface area (Å²) in [6, 6.07) is 0. The Kier molecular flexibility index (Phi) is 8.59. The smallest absolute Gasteiger partial charge is 0.0434 e. The van der Waals surface area contributed by atoms with Crippen LogP contribution in [0.2, 0.25) is 0 Å². The molecule has 0 saturated heterocycles. The van der Waals surface area contributed by atoms with Crippen molar-refractivity contribution in [1.29, 1.82) is 0 Å². The highest BCUT2D eigenvalue weighted by molar-refractivity contribution is 5.03.